The summed E-state index contributed by atoms with van der Waals surface area (Å²) in [6.45, 7) is 1.62. The second kappa shape index (κ2) is 5.80. The lowest BCUT2D eigenvalue weighted by Gasteiger charge is -2.12. The van der Waals surface area contributed by atoms with Gasteiger partial charge in [-0.25, -0.2) is 4.79 Å². The van der Waals surface area contributed by atoms with Gasteiger partial charge in [0.2, 0.25) is 0 Å². The monoisotopic (exact) mass is 293 g/mol. The Morgan fingerprint density at radius 3 is 2.58 bits per heavy atom. The summed E-state index contributed by atoms with van der Waals surface area (Å²) in [7, 11) is 0. The van der Waals surface area contributed by atoms with E-state index in [1.807, 2.05) is 0 Å². The van der Waals surface area contributed by atoms with Gasteiger partial charge in [0.15, 0.2) is 0 Å². The molecule has 0 N–H and O–H groups in total. The summed E-state index contributed by atoms with van der Waals surface area (Å²) in [5.74, 6) is -1.60. The Hall–Kier alpha value is -1.94. The molecule has 4 nitrogen and oxygen atoms in total. The number of alkyl halides is 3. The Kier molecular flexibility index (Phi) is 4.62. The molecule has 0 aliphatic rings. The minimum Gasteiger partial charge on any atom is -0.462 e. The standard InChI is InChI=1S/C11H7ClF3NO3/c1-2-18-10(17)6-3-4-8(19-11(13,14)15)7(5-16)9(6)12/h3-4H,2H2,1H3. The summed E-state index contributed by atoms with van der Waals surface area (Å²) in [6, 6.07) is 3.30. The Balaban J connectivity index is 3.24. The maximum Gasteiger partial charge on any atom is 0.573 e. The first kappa shape index (κ1) is 15.1. The van der Waals surface area contributed by atoms with E-state index in [0.717, 1.165) is 12.1 Å². The van der Waals surface area contributed by atoms with Crippen LogP contribution in [0.25, 0.3) is 0 Å². The number of nitrogens with zero attached hydrogens (tertiary/aromatic N) is 1. The summed E-state index contributed by atoms with van der Waals surface area (Å²) in [6.07, 6.45) is -4.96. The predicted molar refractivity (Wildman–Crippen MR) is 58.8 cm³/mol. The SMILES string of the molecule is CCOC(=O)c1ccc(OC(F)(F)F)c(C#N)c1Cl. The van der Waals surface area contributed by atoms with Crippen molar-refractivity contribution in [3.8, 4) is 11.8 Å². The van der Waals surface area contributed by atoms with Gasteiger partial charge in [0.25, 0.3) is 0 Å². The van der Waals surface area contributed by atoms with Crippen molar-refractivity contribution in [3.63, 3.8) is 0 Å². The van der Waals surface area contributed by atoms with E-state index in [-0.39, 0.29) is 12.2 Å². The topological polar surface area (TPSA) is 59.3 Å². The lowest BCUT2D eigenvalue weighted by Crippen LogP contribution is -2.18. The minimum absolute atomic E-state index is 0.0673. The van der Waals surface area contributed by atoms with Crippen molar-refractivity contribution < 1.29 is 27.4 Å². The van der Waals surface area contributed by atoms with Crippen LogP contribution in [-0.4, -0.2) is 18.9 Å². The van der Waals surface area contributed by atoms with Gasteiger partial charge in [0, 0.05) is 0 Å². The second-order valence-corrected chi connectivity index (χ2v) is 3.56. The molecule has 0 fully saturated rings. The molecule has 1 aromatic rings. The van der Waals surface area contributed by atoms with E-state index in [1.165, 1.54) is 6.07 Å². The third-order valence-electron chi connectivity index (χ3n) is 1.94. The lowest BCUT2D eigenvalue weighted by molar-refractivity contribution is -0.274. The molecule has 0 saturated carbocycles. The van der Waals surface area contributed by atoms with Gasteiger partial charge in [0.1, 0.15) is 17.4 Å². The van der Waals surface area contributed by atoms with Crippen molar-refractivity contribution in [1.29, 1.82) is 5.26 Å². The zero-order chi connectivity index (χ0) is 14.6. The van der Waals surface area contributed by atoms with Crippen LogP contribution in [0.15, 0.2) is 12.1 Å². The van der Waals surface area contributed by atoms with Crippen LogP contribution < -0.4 is 4.74 Å². The number of rotatable bonds is 3. The minimum atomic E-state index is -4.96. The Bertz CT molecular complexity index is 537. The van der Waals surface area contributed by atoms with E-state index >= 15 is 0 Å². The molecule has 19 heavy (non-hydrogen) atoms. The maximum absolute atomic E-state index is 12.1. The molecule has 0 atom stereocenters. The molecular formula is C11H7ClF3NO3. The molecule has 1 rings (SSSR count). The van der Waals surface area contributed by atoms with Crippen LogP contribution in [-0.2, 0) is 4.74 Å². The van der Waals surface area contributed by atoms with Crippen LogP contribution in [0.5, 0.6) is 5.75 Å². The first-order chi connectivity index (χ1) is 8.80. The van der Waals surface area contributed by atoms with Gasteiger partial charge in [-0.15, -0.1) is 13.2 Å². The highest BCUT2D eigenvalue weighted by Crippen LogP contribution is 2.33. The van der Waals surface area contributed by atoms with Crippen LogP contribution in [0, 0.1) is 11.3 Å². The first-order valence-electron chi connectivity index (χ1n) is 4.95. The molecule has 0 bridgehead atoms. The van der Waals surface area contributed by atoms with Gasteiger partial charge in [-0.05, 0) is 19.1 Å². The molecule has 0 heterocycles. The van der Waals surface area contributed by atoms with E-state index in [9.17, 15) is 18.0 Å². The average Bonchev–Trinajstić information content (AvgIpc) is 2.27. The fourth-order valence-electron chi connectivity index (χ4n) is 1.24. The summed E-state index contributed by atoms with van der Waals surface area (Å²) >= 11 is 5.70. The molecule has 0 aliphatic carbocycles. The van der Waals surface area contributed by atoms with Gasteiger partial charge in [0.05, 0.1) is 17.2 Å². The van der Waals surface area contributed by atoms with E-state index in [2.05, 4.69) is 9.47 Å². The molecule has 0 aliphatic heterocycles. The van der Waals surface area contributed by atoms with Crippen LogP contribution in [0.3, 0.4) is 0 Å². The number of benzene rings is 1. The number of hydrogen-bond acceptors (Lipinski definition) is 4. The summed E-state index contributed by atoms with van der Waals surface area (Å²) < 4.78 is 44.6. The number of carbonyl (C=O) groups is 1. The Morgan fingerprint density at radius 2 is 2.11 bits per heavy atom. The molecule has 0 unspecified atom stereocenters. The second-order valence-electron chi connectivity index (χ2n) is 3.18. The largest absolute Gasteiger partial charge is 0.573 e. The molecule has 8 heteroatoms. The number of halogens is 4. The van der Waals surface area contributed by atoms with Crippen molar-refractivity contribution in [2.24, 2.45) is 0 Å². The van der Waals surface area contributed by atoms with Crippen LogP contribution in [0.2, 0.25) is 5.02 Å². The number of carbonyl (C=O) groups excluding carboxylic acids is 1. The van der Waals surface area contributed by atoms with Crippen molar-refractivity contribution >= 4 is 17.6 Å². The number of nitriles is 1. The number of esters is 1. The first-order valence-corrected chi connectivity index (χ1v) is 5.33. The molecule has 0 spiro atoms. The smallest absolute Gasteiger partial charge is 0.462 e. The Labute approximate surface area is 111 Å². The highest BCUT2D eigenvalue weighted by atomic mass is 35.5. The van der Waals surface area contributed by atoms with Crippen LogP contribution >= 0.6 is 11.6 Å². The van der Waals surface area contributed by atoms with Crippen LogP contribution in [0.4, 0.5) is 13.2 Å². The summed E-state index contributed by atoms with van der Waals surface area (Å²) in [5, 5.41) is 8.36. The van der Waals surface area contributed by atoms with Gasteiger partial charge in [-0.2, -0.15) is 5.26 Å². The zero-order valence-electron chi connectivity index (χ0n) is 9.55. The highest BCUT2D eigenvalue weighted by molar-refractivity contribution is 6.35. The van der Waals surface area contributed by atoms with Crippen molar-refractivity contribution in [2.75, 3.05) is 6.61 Å². The number of hydrogen-bond donors (Lipinski definition) is 0. The van der Waals surface area contributed by atoms with E-state index in [0.29, 0.717) is 0 Å². The molecule has 1 aromatic carbocycles. The zero-order valence-corrected chi connectivity index (χ0v) is 10.3. The van der Waals surface area contributed by atoms with Crippen molar-refractivity contribution in [1.82, 2.24) is 0 Å². The average molecular weight is 294 g/mol. The van der Waals surface area contributed by atoms with Gasteiger partial charge < -0.3 is 9.47 Å². The molecule has 0 amide bonds. The fourth-order valence-corrected chi connectivity index (χ4v) is 1.51. The van der Waals surface area contributed by atoms with Gasteiger partial charge in [-0.3, -0.25) is 0 Å². The normalized spacial score (nSPS) is 10.7. The van der Waals surface area contributed by atoms with Gasteiger partial charge in [-0.1, -0.05) is 11.6 Å². The Morgan fingerprint density at radius 1 is 1.47 bits per heavy atom. The van der Waals surface area contributed by atoms with Crippen molar-refractivity contribution in [2.45, 2.75) is 13.3 Å². The molecule has 0 saturated heterocycles. The highest BCUT2D eigenvalue weighted by Gasteiger charge is 2.33. The maximum atomic E-state index is 12.1. The molecule has 102 valence electrons. The quantitative estimate of drug-likeness (QED) is 0.802. The van der Waals surface area contributed by atoms with Crippen molar-refractivity contribution in [3.05, 3.63) is 28.3 Å². The predicted octanol–water partition coefficient (Wildman–Crippen LogP) is 3.29. The van der Waals surface area contributed by atoms with E-state index < -0.39 is 28.7 Å². The third-order valence-corrected chi connectivity index (χ3v) is 2.33. The molecule has 0 radical (unpaired) electrons. The van der Waals surface area contributed by atoms with E-state index in [1.54, 1.807) is 6.92 Å². The summed E-state index contributed by atoms with van der Waals surface area (Å²) in [4.78, 5) is 11.5. The summed E-state index contributed by atoms with van der Waals surface area (Å²) in [5.41, 5.74) is -0.779. The van der Waals surface area contributed by atoms with Gasteiger partial charge >= 0.3 is 12.3 Å². The molecular weight excluding hydrogens is 287 g/mol. The third kappa shape index (κ3) is 3.76. The number of ether oxygens (including phenoxy) is 2. The lowest BCUT2D eigenvalue weighted by atomic mass is 10.1. The van der Waals surface area contributed by atoms with E-state index in [4.69, 9.17) is 16.9 Å². The fraction of sp³-hybridized carbons (Fsp3) is 0.273. The molecule has 0 aromatic heterocycles. The van der Waals surface area contributed by atoms with Crippen LogP contribution in [0.1, 0.15) is 22.8 Å².